The van der Waals surface area contributed by atoms with Crippen LogP contribution >= 0.6 is 0 Å². The second-order valence-corrected chi connectivity index (χ2v) is 4.07. The number of ether oxygens (including phenoxy) is 1. The number of amides is 1. The summed E-state index contributed by atoms with van der Waals surface area (Å²) in [6, 6.07) is 5.75. The average Bonchev–Trinajstić information content (AvgIpc) is 2.08. The number of fused-ring (bicyclic) bond motifs is 1. The first kappa shape index (κ1) is 9.06. The number of nitrogens with one attached hydrogen (secondary N) is 1. The minimum Gasteiger partial charge on any atom is -0.476 e. The summed E-state index contributed by atoms with van der Waals surface area (Å²) < 4.78 is 5.57. The van der Waals surface area contributed by atoms with E-state index in [2.05, 4.69) is 5.32 Å². The first-order valence-corrected chi connectivity index (χ1v) is 4.60. The molecule has 1 N–H and O–H groups in total. The summed E-state index contributed by atoms with van der Waals surface area (Å²) in [6.45, 7) is 5.49. The molecule has 0 spiro atoms. The largest absolute Gasteiger partial charge is 0.476 e. The van der Waals surface area contributed by atoms with Gasteiger partial charge in [0, 0.05) is 0 Å². The summed E-state index contributed by atoms with van der Waals surface area (Å²) in [5.41, 5.74) is 1.09. The van der Waals surface area contributed by atoms with Gasteiger partial charge in [0.25, 0.3) is 5.91 Å². The van der Waals surface area contributed by atoms with E-state index in [0.29, 0.717) is 0 Å². The van der Waals surface area contributed by atoms with E-state index >= 15 is 0 Å². The number of benzene rings is 1. The number of hydrogen-bond donors (Lipinski definition) is 1. The molecule has 3 heteroatoms. The van der Waals surface area contributed by atoms with E-state index in [1.54, 1.807) is 13.8 Å². The SMILES string of the molecule is Cc1ccc2c(c1)NC(=O)C(C)(C)O2. The van der Waals surface area contributed by atoms with Crippen molar-refractivity contribution in [1.29, 1.82) is 0 Å². The van der Waals surface area contributed by atoms with Crippen LogP contribution in [0, 0.1) is 6.92 Å². The second-order valence-electron chi connectivity index (χ2n) is 4.07. The van der Waals surface area contributed by atoms with Crippen LogP contribution in [0.15, 0.2) is 18.2 Å². The molecule has 1 aliphatic rings. The van der Waals surface area contributed by atoms with Gasteiger partial charge >= 0.3 is 0 Å². The fourth-order valence-corrected chi connectivity index (χ4v) is 1.42. The molecular weight excluding hydrogens is 178 g/mol. The second kappa shape index (κ2) is 2.74. The quantitative estimate of drug-likeness (QED) is 0.682. The maximum absolute atomic E-state index is 11.6. The van der Waals surface area contributed by atoms with Crippen LogP contribution < -0.4 is 10.1 Å². The van der Waals surface area contributed by atoms with Crippen LogP contribution in [-0.4, -0.2) is 11.5 Å². The summed E-state index contributed by atoms with van der Waals surface area (Å²) in [4.78, 5) is 11.6. The fourth-order valence-electron chi connectivity index (χ4n) is 1.42. The van der Waals surface area contributed by atoms with Crippen molar-refractivity contribution in [3.8, 4) is 5.75 Å². The van der Waals surface area contributed by atoms with Gasteiger partial charge in [0.2, 0.25) is 0 Å². The lowest BCUT2D eigenvalue weighted by Gasteiger charge is -2.31. The van der Waals surface area contributed by atoms with Crippen LogP contribution in [0.25, 0.3) is 0 Å². The van der Waals surface area contributed by atoms with E-state index in [9.17, 15) is 4.79 Å². The van der Waals surface area contributed by atoms with E-state index in [4.69, 9.17) is 4.74 Å². The van der Waals surface area contributed by atoms with Crippen molar-refractivity contribution < 1.29 is 9.53 Å². The summed E-state index contributed by atoms with van der Waals surface area (Å²) >= 11 is 0. The molecule has 3 nitrogen and oxygen atoms in total. The van der Waals surface area contributed by atoms with Crippen molar-refractivity contribution in [3.05, 3.63) is 23.8 Å². The molecule has 1 aromatic rings. The number of carbonyl (C=O) groups excluding carboxylic acids is 1. The van der Waals surface area contributed by atoms with Gasteiger partial charge in [0.1, 0.15) is 5.75 Å². The highest BCUT2D eigenvalue weighted by Crippen LogP contribution is 2.33. The maximum Gasteiger partial charge on any atom is 0.268 e. The predicted molar refractivity (Wildman–Crippen MR) is 54.5 cm³/mol. The lowest BCUT2D eigenvalue weighted by molar-refractivity contribution is -0.129. The molecule has 0 saturated heterocycles. The van der Waals surface area contributed by atoms with Gasteiger partial charge in [-0.15, -0.1) is 0 Å². The topological polar surface area (TPSA) is 38.3 Å². The van der Waals surface area contributed by atoms with Gasteiger partial charge in [0.15, 0.2) is 5.60 Å². The number of anilines is 1. The van der Waals surface area contributed by atoms with Crippen LogP contribution in [0.3, 0.4) is 0 Å². The van der Waals surface area contributed by atoms with Crippen LogP contribution in [0.1, 0.15) is 19.4 Å². The Morgan fingerprint density at radius 2 is 2.07 bits per heavy atom. The lowest BCUT2D eigenvalue weighted by Crippen LogP contribution is -2.45. The summed E-state index contributed by atoms with van der Waals surface area (Å²) in [7, 11) is 0. The number of aryl methyl sites for hydroxylation is 1. The van der Waals surface area contributed by atoms with Gasteiger partial charge in [-0.3, -0.25) is 4.79 Å². The van der Waals surface area contributed by atoms with Crippen LogP contribution in [0.4, 0.5) is 5.69 Å². The minimum atomic E-state index is -0.776. The fraction of sp³-hybridized carbons (Fsp3) is 0.364. The van der Waals surface area contributed by atoms with Crippen molar-refractivity contribution in [1.82, 2.24) is 0 Å². The Morgan fingerprint density at radius 1 is 1.36 bits per heavy atom. The molecule has 1 heterocycles. The zero-order valence-electron chi connectivity index (χ0n) is 8.55. The molecule has 0 radical (unpaired) electrons. The van der Waals surface area contributed by atoms with E-state index in [0.717, 1.165) is 17.0 Å². The molecule has 1 amide bonds. The molecule has 0 fully saturated rings. The Kier molecular flexibility index (Phi) is 1.77. The zero-order valence-corrected chi connectivity index (χ0v) is 8.55. The molecule has 0 bridgehead atoms. The molecule has 0 aliphatic carbocycles. The zero-order chi connectivity index (χ0) is 10.3. The van der Waals surface area contributed by atoms with Crippen LogP contribution in [0.2, 0.25) is 0 Å². The third-order valence-corrected chi connectivity index (χ3v) is 2.30. The number of rotatable bonds is 0. The van der Waals surface area contributed by atoms with Crippen molar-refractivity contribution in [3.63, 3.8) is 0 Å². The summed E-state index contributed by atoms with van der Waals surface area (Å²) in [5.74, 6) is 0.635. The first-order chi connectivity index (χ1) is 6.49. The molecule has 0 saturated carbocycles. The normalized spacial score (nSPS) is 18.1. The Hall–Kier alpha value is -1.51. The molecule has 0 aromatic heterocycles. The van der Waals surface area contributed by atoms with Crippen molar-refractivity contribution >= 4 is 11.6 Å². The smallest absolute Gasteiger partial charge is 0.268 e. The van der Waals surface area contributed by atoms with Gasteiger partial charge in [0.05, 0.1) is 5.69 Å². The van der Waals surface area contributed by atoms with Gasteiger partial charge in [-0.1, -0.05) is 6.07 Å². The highest BCUT2D eigenvalue weighted by Gasteiger charge is 2.35. The molecule has 1 aliphatic heterocycles. The lowest BCUT2D eigenvalue weighted by atomic mass is 10.1. The number of carbonyl (C=O) groups is 1. The Bertz CT molecular complexity index is 396. The standard InChI is InChI=1S/C11H13NO2/c1-7-4-5-9-8(6-7)12-10(13)11(2,3)14-9/h4-6H,1-3H3,(H,12,13). The summed E-state index contributed by atoms with van der Waals surface area (Å²) in [5, 5.41) is 2.83. The Labute approximate surface area is 83.1 Å². The van der Waals surface area contributed by atoms with E-state index in [1.165, 1.54) is 0 Å². The predicted octanol–water partition coefficient (Wildman–Crippen LogP) is 2.10. The van der Waals surface area contributed by atoms with Crippen molar-refractivity contribution in [2.75, 3.05) is 5.32 Å². The monoisotopic (exact) mass is 191 g/mol. The molecule has 1 aromatic carbocycles. The molecule has 2 rings (SSSR count). The molecule has 0 atom stereocenters. The Morgan fingerprint density at radius 3 is 2.79 bits per heavy atom. The highest BCUT2D eigenvalue weighted by molar-refractivity contribution is 6.00. The molecular formula is C11H13NO2. The van der Waals surface area contributed by atoms with Gasteiger partial charge in [-0.2, -0.15) is 0 Å². The van der Waals surface area contributed by atoms with Crippen LogP contribution in [0.5, 0.6) is 5.75 Å². The van der Waals surface area contributed by atoms with Crippen molar-refractivity contribution in [2.24, 2.45) is 0 Å². The molecule has 14 heavy (non-hydrogen) atoms. The maximum atomic E-state index is 11.6. The van der Waals surface area contributed by atoms with E-state index in [-0.39, 0.29) is 5.91 Å². The Balaban J connectivity index is 2.46. The van der Waals surface area contributed by atoms with Gasteiger partial charge in [-0.05, 0) is 38.5 Å². The van der Waals surface area contributed by atoms with E-state index in [1.807, 2.05) is 25.1 Å². The molecule has 0 unspecified atom stereocenters. The first-order valence-electron chi connectivity index (χ1n) is 4.60. The minimum absolute atomic E-state index is 0.101. The van der Waals surface area contributed by atoms with E-state index < -0.39 is 5.60 Å². The molecule has 74 valence electrons. The average molecular weight is 191 g/mol. The van der Waals surface area contributed by atoms with Gasteiger partial charge in [-0.25, -0.2) is 0 Å². The van der Waals surface area contributed by atoms with Gasteiger partial charge < -0.3 is 10.1 Å². The van der Waals surface area contributed by atoms with Crippen LogP contribution in [-0.2, 0) is 4.79 Å². The third-order valence-electron chi connectivity index (χ3n) is 2.30. The highest BCUT2D eigenvalue weighted by atomic mass is 16.5. The van der Waals surface area contributed by atoms with Crippen molar-refractivity contribution in [2.45, 2.75) is 26.4 Å². The third kappa shape index (κ3) is 1.35. The number of hydrogen-bond acceptors (Lipinski definition) is 2. The summed E-state index contributed by atoms with van der Waals surface area (Å²) in [6.07, 6.45) is 0.